The van der Waals surface area contributed by atoms with Gasteiger partial charge in [0, 0.05) is 0 Å². The van der Waals surface area contributed by atoms with Crippen LogP contribution in [0.3, 0.4) is 0 Å². The van der Waals surface area contributed by atoms with E-state index in [1.807, 2.05) is 0 Å². The van der Waals surface area contributed by atoms with Crippen molar-refractivity contribution < 1.29 is 19.1 Å². The van der Waals surface area contributed by atoms with E-state index in [9.17, 15) is 14.4 Å². The summed E-state index contributed by atoms with van der Waals surface area (Å²) < 4.78 is 4.81. The first-order valence-corrected chi connectivity index (χ1v) is 5.88. The quantitative estimate of drug-likeness (QED) is 0.584. The zero-order valence-corrected chi connectivity index (χ0v) is 9.95. The Hall–Kier alpha value is -1.76. The van der Waals surface area contributed by atoms with Crippen molar-refractivity contribution in [3.05, 3.63) is 11.1 Å². The van der Waals surface area contributed by atoms with E-state index in [0.717, 1.165) is 11.3 Å². The third kappa shape index (κ3) is 2.33. The number of anilines is 1. The van der Waals surface area contributed by atoms with Crippen LogP contribution in [0, 0.1) is 0 Å². The lowest BCUT2D eigenvalue weighted by Crippen LogP contribution is -2.24. The zero-order valence-electron chi connectivity index (χ0n) is 9.13. The van der Waals surface area contributed by atoms with Crippen LogP contribution in [0.5, 0.6) is 0 Å². The fraction of sp³-hybridized carbons (Fsp3) is 0.400. The summed E-state index contributed by atoms with van der Waals surface area (Å²) in [5.74, 6) is -0.878. The van der Waals surface area contributed by atoms with Gasteiger partial charge in [-0.25, -0.2) is 9.78 Å². The smallest absolute Gasteiger partial charge is 0.350 e. The first kappa shape index (κ1) is 11.7. The fourth-order valence-corrected chi connectivity index (χ4v) is 2.27. The van der Waals surface area contributed by atoms with Gasteiger partial charge < -0.3 is 4.74 Å². The normalized spacial score (nSPS) is 15.5. The molecule has 1 amide bonds. The summed E-state index contributed by atoms with van der Waals surface area (Å²) in [5.41, 5.74) is 0. The molecule has 0 spiro atoms. The van der Waals surface area contributed by atoms with Crippen molar-refractivity contribution >= 4 is 34.1 Å². The number of ether oxygens (including phenoxy) is 1. The Kier molecular flexibility index (Phi) is 3.19. The van der Waals surface area contributed by atoms with Crippen LogP contribution in [-0.4, -0.2) is 35.8 Å². The van der Waals surface area contributed by atoms with Gasteiger partial charge in [-0.15, -0.1) is 0 Å². The Labute approximate surface area is 101 Å². The highest BCUT2D eigenvalue weighted by Gasteiger charge is 2.31. The summed E-state index contributed by atoms with van der Waals surface area (Å²) in [6.45, 7) is 2.03. The molecule has 0 bridgehead atoms. The van der Waals surface area contributed by atoms with Crippen molar-refractivity contribution in [1.82, 2.24) is 4.98 Å². The molecule has 0 aromatic carbocycles. The Morgan fingerprint density at radius 1 is 1.59 bits per heavy atom. The van der Waals surface area contributed by atoms with Crippen molar-refractivity contribution in [2.45, 2.75) is 13.3 Å². The first-order valence-electron chi connectivity index (χ1n) is 5.07. The van der Waals surface area contributed by atoms with E-state index >= 15 is 0 Å². The molecule has 0 aliphatic carbocycles. The molecule has 17 heavy (non-hydrogen) atoms. The second kappa shape index (κ2) is 4.62. The van der Waals surface area contributed by atoms with Gasteiger partial charge in [-0.3, -0.25) is 14.5 Å². The molecule has 0 atom stereocenters. The lowest BCUT2D eigenvalue weighted by molar-refractivity contribution is -0.121. The average Bonchev–Trinajstić information content (AvgIpc) is 2.85. The summed E-state index contributed by atoms with van der Waals surface area (Å²) in [4.78, 5) is 39.5. The van der Waals surface area contributed by atoms with Gasteiger partial charge in [-0.05, 0) is 6.92 Å². The van der Waals surface area contributed by atoms with E-state index in [4.69, 9.17) is 4.74 Å². The number of amides is 1. The maximum absolute atomic E-state index is 11.4. The minimum absolute atomic E-state index is 0.0363. The van der Waals surface area contributed by atoms with Gasteiger partial charge >= 0.3 is 5.97 Å². The largest absolute Gasteiger partial charge is 0.462 e. The molecule has 90 valence electrons. The Morgan fingerprint density at radius 2 is 2.35 bits per heavy atom. The van der Waals surface area contributed by atoms with E-state index in [2.05, 4.69) is 4.98 Å². The number of Topliss-reactive ketones (excluding diaryl/α,β-unsaturated/α-hetero) is 1. The maximum Gasteiger partial charge on any atom is 0.350 e. The summed E-state index contributed by atoms with van der Waals surface area (Å²) >= 11 is 1.05. The lowest BCUT2D eigenvalue weighted by atomic mass is 10.3. The number of carbonyl (C=O) groups is 3. The van der Waals surface area contributed by atoms with E-state index in [1.165, 1.54) is 11.1 Å². The highest BCUT2D eigenvalue weighted by Crippen LogP contribution is 2.26. The van der Waals surface area contributed by atoms with E-state index in [0.29, 0.717) is 10.0 Å². The molecule has 2 rings (SSSR count). The number of rotatable bonds is 3. The minimum atomic E-state index is -0.464. The van der Waals surface area contributed by atoms with E-state index in [1.54, 1.807) is 6.92 Å². The zero-order chi connectivity index (χ0) is 12.4. The average molecular weight is 254 g/mol. The van der Waals surface area contributed by atoms with Crippen LogP contribution in [-0.2, 0) is 14.3 Å². The second-order valence-corrected chi connectivity index (χ2v) is 4.43. The number of nitrogens with zero attached hydrogens (tertiary/aromatic N) is 2. The molecule has 0 saturated carbocycles. The highest BCUT2D eigenvalue weighted by atomic mass is 32.1. The monoisotopic (exact) mass is 254 g/mol. The van der Waals surface area contributed by atoms with Crippen LogP contribution >= 0.6 is 11.3 Å². The second-order valence-electron chi connectivity index (χ2n) is 3.42. The molecule has 7 heteroatoms. The van der Waals surface area contributed by atoms with Crippen LogP contribution in [0.4, 0.5) is 5.13 Å². The molecular weight excluding hydrogens is 244 g/mol. The van der Waals surface area contributed by atoms with Gasteiger partial charge in [0.2, 0.25) is 5.91 Å². The van der Waals surface area contributed by atoms with Gasteiger partial charge in [-0.2, -0.15) is 0 Å². The Bertz CT molecular complexity index is 482. The summed E-state index contributed by atoms with van der Waals surface area (Å²) in [6.07, 6.45) is 1.27. The lowest BCUT2D eigenvalue weighted by Gasteiger charge is -2.08. The van der Waals surface area contributed by atoms with Crippen LogP contribution in [0.1, 0.15) is 23.0 Å². The molecule has 1 aromatic heterocycles. The topological polar surface area (TPSA) is 76.6 Å². The van der Waals surface area contributed by atoms with E-state index < -0.39 is 5.97 Å². The molecule has 1 aliphatic heterocycles. The SMILES string of the molecule is CCOC(=O)c1cnc(N2CC(=O)CC2=O)s1. The molecule has 2 heterocycles. The number of hydrogen-bond acceptors (Lipinski definition) is 6. The van der Waals surface area contributed by atoms with Crippen molar-refractivity contribution in [3.63, 3.8) is 0 Å². The highest BCUT2D eigenvalue weighted by molar-refractivity contribution is 7.17. The number of esters is 1. The number of ketones is 1. The number of aromatic nitrogens is 1. The van der Waals surface area contributed by atoms with Crippen LogP contribution in [0.15, 0.2) is 6.20 Å². The fourth-order valence-electron chi connectivity index (χ4n) is 1.45. The summed E-state index contributed by atoms with van der Waals surface area (Å²) in [6, 6.07) is 0. The molecule has 1 aromatic rings. The van der Waals surface area contributed by atoms with Gasteiger partial charge in [0.25, 0.3) is 0 Å². The van der Waals surface area contributed by atoms with Crippen LogP contribution in [0.2, 0.25) is 0 Å². The number of hydrogen-bond donors (Lipinski definition) is 0. The summed E-state index contributed by atoms with van der Waals surface area (Å²) in [5, 5.41) is 0.365. The number of thiazole rings is 1. The number of carbonyl (C=O) groups excluding carboxylic acids is 3. The molecule has 0 N–H and O–H groups in total. The predicted molar refractivity (Wildman–Crippen MR) is 60.0 cm³/mol. The van der Waals surface area contributed by atoms with Gasteiger partial charge in [0.1, 0.15) is 4.88 Å². The van der Waals surface area contributed by atoms with Crippen LogP contribution in [0.25, 0.3) is 0 Å². The van der Waals surface area contributed by atoms with Gasteiger partial charge in [-0.1, -0.05) is 11.3 Å². The molecule has 0 radical (unpaired) electrons. The molecular formula is C10H10N2O4S. The maximum atomic E-state index is 11.4. The van der Waals surface area contributed by atoms with Crippen LogP contribution < -0.4 is 4.90 Å². The molecule has 1 saturated heterocycles. The first-order chi connectivity index (χ1) is 8.11. The minimum Gasteiger partial charge on any atom is -0.462 e. The molecule has 1 fully saturated rings. The van der Waals surface area contributed by atoms with Crippen molar-refractivity contribution in [3.8, 4) is 0 Å². The standard InChI is InChI=1S/C10H10N2O4S/c1-2-16-9(15)7-4-11-10(17-7)12-5-6(13)3-8(12)14/h4H,2-3,5H2,1H3. The summed E-state index contributed by atoms with van der Waals surface area (Å²) in [7, 11) is 0. The molecule has 6 nitrogen and oxygen atoms in total. The van der Waals surface area contributed by atoms with Crippen molar-refractivity contribution in [1.29, 1.82) is 0 Å². The third-order valence-electron chi connectivity index (χ3n) is 2.18. The molecule has 1 aliphatic rings. The van der Waals surface area contributed by atoms with Gasteiger partial charge in [0.15, 0.2) is 10.9 Å². The predicted octanol–water partition coefficient (Wildman–Crippen LogP) is 0.626. The van der Waals surface area contributed by atoms with Gasteiger partial charge in [0.05, 0.1) is 25.8 Å². The van der Waals surface area contributed by atoms with Crippen molar-refractivity contribution in [2.24, 2.45) is 0 Å². The Morgan fingerprint density at radius 3 is 2.94 bits per heavy atom. The van der Waals surface area contributed by atoms with E-state index in [-0.39, 0.29) is 31.3 Å². The van der Waals surface area contributed by atoms with Crippen molar-refractivity contribution in [2.75, 3.05) is 18.1 Å². The Balaban J connectivity index is 2.16. The third-order valence-corrected chi connectivity index (χ3v) is 3.19. The molecule has 0 unspecified atom stereocenters.